The van der Waals surface area contributed by atoms with E-state index in [4.69, 9.17) is 4.42 Å². The van der Waals surface area contributed by atoms with Crippen molar-refractivity contribution in [3.8, 4) is 0 Å². The third-order valence-corrected chi connectivity index (χ3v) is 3.58. The lowest BCUT2D eigenvalue weighted by molar-refractivity contribution is 0.0931. The first-order valence-electron chi connectivity index (χ1n) is 6.54. The summed E-state index contributed by atoms with van der Waals surface area (Å²) in [4.78, 5) is 12.2. The average molecular weight is 235 g/mol. The van der Waals surface area contributed by atoms with Gasteiger partial charge in [0.2, 0.25) is 0 Å². The molecule has 1 aromatic heterocycles. The highest BCUT2D eigenvalue weighted by atomic mass is 16.3. The van der Waals surface area contributed by atoms with Crippen molar-refractivity contribution in [2.45, 2.75) is 58.4 Å². The maximum Gasteiger partial charge on any atom is 0.255 e. The van der Waals surface area contributed by atoms with Crippen molar-refractivity contribution in [3.63, 3.8) is 0 Å². The predicted molar refractivity (Wildman–Crippen MR) is 67.1 cm³/mol. The second-order valence-corrected chi connectivity index (χ2v) is 5.01. The first-order valence-corrected chi connectivity index (χ1v) is 6.54. The van der Waals surface area contributed by atoms with E-state index in [1.165, 1.54) is 25.7 Å². The van der Waals surface area contributed by atoms with Gasteiger partial charge in [-0.25, -0.2) is 0 Å². The maximum atomic E-state index is 12.2. The molecule has 0 atom stereocenters. The molecule has 94 valence electrons. The van der Waals surface area contributed by atoms with Crippen LogP contribution >= 0.6 is 0 Å². The van der Waals surface area contributed by atoms with E-state index in [1.54, 1.807) is 6.26 Å². The molecular weight excluding hydrogens is 214 g/mol. The van der Waals surface area contributed by atoms with E-state index in [0.717, 1.165) is 18.4 Å². The number of aryl methyl sites for hydroxylation is 2. The van der Waals surface area contributed by atoms with Gasteiger partial charge in [-0.05, 0) is 26.7 Å². The maximum absolute atomic E-state index is 12.2. The molecule has 0 spiro atoms. The summed E-state index contributed by atoms with van der Waals surface area (Å²) in [6.45, 7) is 3.76. The van der Waals surface area contributed by atoms with Gasteiger partial charge in [0.05, 0.1) is 11.8 Å². The van der Waals surface area contributed by atoms with Gasteiger partial charge in [0.1, 0.15) is 5.76 Å². The number of furan rings is 1. The molecule has 0 bridgehead atoms. The van der Waals surface area contributed by atoms with Gasteiger partial charge in [0.25, 0.3) is 5.91 Å². The van der Waals surface area contributed by atoms with E-state index in [9.17, 15) is 4.79 Å². The van der Waals surface area contributed by atoms with Crippen LogP contribution in [0.4, 0.5) is 0 Å². The lowest BCUT2D eigenvalue weighted by Gasteiger charge is -2.16. The molecule has 1 fully saturated rings. The molecule has 0 saturated heterocycles. The fraction of sp³-hybridized carbons (Fsp3) is 0.643. The van der Waals surface area contributed by atoms with E-state index in [2.05, 4.69) is 5.32 Å². The van der Waals surface area contributed by atoms with Gasteiger partial charge in [0.15, 0.2) is 0 Å². The van der Waals surface area contributed by atoms with E-state index >= 15 is 0 Å². The molecule has 0 radical (unpaired) electrons. The zero-order valence-corrected chi connectivity index (χ0v) is 10.7. The standard InChI is InChI=1S/C14H21NO2/c1-10-9-17-11(2)13(10)14(16)15-12-7-5-3-4-6-8-12/h9,12H,3-8H2,1-2H3,(H,15,16). The van der Waals surface area contributed by atoms with Crippen molar-refractivity contribution < 1.29 is 9.21 Å². The monoisotopic (exact) mass is 235 g/mol. The Balaban J connectivity index is 2.01. The van der Waals surface area contributed by atoms with Crippen molar-refractivity contribution in [1.29, 1.82) is 0 Å². The summed E-state index contributed by atoms with van der Waals surface area (Å²) in [6.07, 6.45) is 8.94. The van der Waals surface area contributed by atoms with Crippen LogP contribution in [0.3, 0.4) is 0 Å². The molecule has 2 rings (SSSR count). The Morgan fingerprint density at radius 2 is 1.88 bits per heavy atom. The minimum atomic E-state index is 0.0284. The van der Waals surface area contributed by atoms with Crippen LogP contribution in [-0.2, 0) is 0 Å². The average Bonchev–Trinajstić information content (AvgIpc) is 2.53. The van der Waals surface area contributed by atoms with Crippen molar-refractivity contribution in [1.82, 2.24) is 5.32 Å². The lowest BCUT2D eigenvalue weighted by atomic mass is 10.1. The molecule has 1 amide bonds. The van der Waals surface area contributed by atoms with Crippen LogP contribution in [0.1, 0.15) is 60.2 Å². The van der Waals surface area contributed by atoms with E-state index in [1.807, 2.05) is 13.8 Å². The zero-order valence-electron chi connectivity index (χ0n) is 10.7. The van der Waals surface area contributed by atoms with Crippen LogP contribution < -0.4 is 5.32 Å². The highest BCUT2D eigenvalue weighted by Crippen LogP contribution is 2.19. The van der Waals surface area contributed by atoms with Gasteiger partial charge in [-0.3, -0.25) is 4.79 Å². The van der Waals surface area contributed by atoms with E-state index in [-0.39, 0.29) is 5.91 Å². The Bertz CT molecular complexity index is 367. The van der Waals surface area contributed by atoms with Crippen LogP contribution in [0.2, 0.25) is 0 Å². The summed E-state index contributed by atoms with van der Waals surface area (Å²) >= 11 is 0. The Morgan fingerprint density at radius 3 is 2.41 bits per heavy atom. The summed E-state index contributed by atoms with van der Waals surface area (Å²) in [5, 5.41) is 3.14. The Kier molecular flexibility index (Phi) is 3.87. The third-order valence-electron chi connectivity index (χ3n) is 3.58. The van der Waals surface area contributed by atoms with Crippen LogP contribution in [0.15, 0.2) is 10.7 Å². The summed E-state index contributed by atoms with van der Waals surface area (Å²) in [5.74, 6) is 0.745. The number of nitrogens with one attached hydrogen (secondary N) is 1. The minimum absolute atomic E-state index is 0.0284. The van der Waals surface area contributed by atoms with Crippen molar-refractivity contribution >= 4 is 5.91 Å². The van der Waals surface area contributed by atoms with Gasteiger partial charge in [0, 0.05) is 11.6 Å². The van der Waals surface area contributed by atoms with Crippen molar-refractivity contribution in [2.24, 2.45) is 0 Å². The number of carbonyl (C=O) groups is 1. The van der Waals surface area contributed by atoms with Gasteiger partial charge in [-0.2, -0.15) is 0 Å². The number of amides is 1. The molecule has 1 heterocycles. The molecule has 1 N–H and O–H groups in total. The van der Waals surface area contributed by atoms with Crippen LogP contribution in [-0.4, -0.2) is 11.9 Å². The zero-order chi connectivity index (χ0) is 12.3. The molecule has 1 aliphatic rings. The van der Waals surface area contributed by atoms with Crippen LogP contribution in [0.25, 0.3) is 0 Å². The quantitative estimate of drug-likeness (QED) is 0.799. The van der Waals surface area contributed by atoms with E-state index in [0.29, 0.717) is 17.4 Å². The lowest BCUT2D eigenvalue weighted by Crippen LogP contribution is -2.34. The summed E-state index contributed by atoms with van der Waals surface area (Å²) in [7, 11) is 0. The summed E-state index contributed by atoms with van der Waals surface area (Å²) in [6, 6.07) is 0.346. The second-order valence-electron chi connectivity index (χ2n) is 5.01. The molecule has 17 heavy (non-hydrogen) atoms. The number of hydrogen-bond acceptors (Lipinski definition) is 2. The molecular formula is C14H21NO2. The molecule has 1 aromatic rings. The number of rotatable bonds is 2. The fourth-order valence-electron chi connectivity index (χ4n) is 2.59. The molecule has 0 aliphatic heterocycles. The van der Waals surface area contributed by atoms with Crippen LogP contribution in [0.5, 0.6) is 0 Å². The normalized spacial score (nSPS) is 17.8. The minimum Gasteiger partial charge on any atom is -0.469 e. The largest absolute Gasteiger partial charge is 0.469 e. The van der Waals surface area contributed by atoms with Gasteiger partial charge in [-0.1, -0.05) is 25.7 Å². The Hall–Kier alpha value is -1.25. The second kappa shape index (κ2) is 5.39. The van der Waals surface area contributed by atoms with Gasteiger partial charge in [-0.15, -0.1) is 0 Å². The number of carbonyl (C=O) groups excluding carboxylic acids is 1. The topological polar surface area (TPSA) is 42.2 Å². The van der Waals surface area contributed by atoms with Crippen LogP contribution in [0, 0.1) is 13.8 Å². The molecule has 0 aromatic carbocycles. The SMILES string of the molecule is Cc1coc(C)c1C(=O)NC1CCCCCC1. The molecule has 3 nitrogen and oxygen atoms in total. The highest BCUT2D eigenvalue weighted by Gasteiger charge is 2.19. The smallest absolute Gasteiger partial charge is 0.255 e. The summed E-state index contributed by atoms with van der Waals surface area (Å²) < 4.78 is 5.27. The van der Waals surface area contributed by atoms with E-state index < -0.39 is 0 Å². The highest BCUT2D eigenvalue weighted by molar-refractivity contribution is 5.96. The number of hydrogen-bond donors (Lipinski definition) is 1. The fourth-order valence-corrected chi connectivity index (χ4v) is 2.59. The first kappa shape index (κ1) is 12.2. The van der Waals surface area contributed by atoms with Crippen molar-refractivity contribution in [3.05, 3.63) is 23.2 Å². The van der Waals surface area contributed by atoms with Gasteiger partial charge < -0.3 is 9.73 Å². The predicted octanol–water partition coefficient (Wildman–Crippen LogP) is 3.35. The molecule has 1 saturated carbocycles. The summed E-state index contributed by atoms with van der Waals surface area (Å²) in [5.41, 5.74) is 1.64. The molecule has 1 aliphatic carbocycles. The molecule has 3 heteroatoms. The van der Waals surface area contributed by atoms with Crippen molar-refractivity contribution in [2.75, 3.05) is 0 Å². The molecule has 0 unspecified atom stereocenters. The Labute approximate surface area is 103 Å². The van der Waals surface area contributed by atoms with Gasteiger partial charge >= 0.3 is 0 Å². The first-order chi connectivity index (χ1) is 8.18. The third kappa shape index (κ3) is 2.90. The Morgan fingerprint density at radius 1 is 1.24 bits per heavy atom.